The van der Waals surface area contributed by atoms with Crippen molar-refractivity contribution in [3.63, 3.8) is 0 Å². The molecule has 2 aromatic rings. The van der Waals surface area contributed by atoms with Crippen LogP contribution in [-0.4, -0.2) is 40.7 Å². The van der Waals surface area contributed by atoms with Crippen LogP contribution in [0.1, 0.15) is 13.8 Å². The van der Waals surface area contributed by atoms with Crippen LogP contribution in [-0.2, 0) is 12.1 Å². The molecular weight excluding hydrogens is 208 g/mol. The van der Waals surface area contributed by atoms with Crippen molar-refractivity contribution in [2.24, 2.45) is 0 Å². The Morgan fingerprint density at radius 1 is 1.19 bits per heavy atom. The van der Waals surface area contributed by atoms with E-state index in [1.165, 1.54) is 12.7 Å². The van der Waals surface area contributed by atoms with E-state index in [1.54, 1.807) is 22.0 Å². The predicted octanol–water partition coefficient (Wildman–Crippen LogP) is -0.334. The Morgan fingerprint density at radius 3 is 2.44 bits per heavy atom. The number of nitrogens with zero attached hydrogens (tertiary/aromatic N) is 6. The fourth-order valence-electron chi connectivity index (χ4n) is 1.39. The minimum atomic E-state index is -0.629. The minimum absolute atomic E-state index is 0.368. The highest BCUT2D eigenvalue weighted by atomic mass is 16.3. The first-order chi connectivity index (χ1) is 7.60. The molecule has 16 heavy (non-hydrogen) atoms. The summed E-state index contributed by atoms with van der Waals surface area (Å²) in [5.41, 5.74) is -0.539. The van der Waals surface area contributed by atoms with Crippen LogP contribution in [0.5, 0.6) is 0 Å². The molecular formula is C9H14N6O. The van der Waals surface area contributed by atoms with Gasteiger partial charge in [-0.15, -0.1) is 0 Å². The van der Waals surface area contributed by atoms with Crippen molar-refractivity contribution < 1.29 is 5.11 Å². The van der Waals surface area contributed by atoms with E-state index < -0.39 is 11.6 Å². The summed E-state index contributed by atoms with van der Waals surface area (Å²) in [6, 6.07) is 0. The lowest BCUT2D eigenvalue weighted by Gasteiger charge is -2.30. The Labute approximate surface area is 92.8 Å². The maximum atomic E-state index is 10.1. The third-order valence-electron chi connectivity index (χ3n) is 2.65. The van der Waals surface area contributed by atoms with Crippen molar-refractivity contribution in [1.82, 2.24) is 29.5 Å². The molecule has 2 aromatic heterocycles. The summed E-state index contributed by atoms with van der Waals surface area (Å²) in [4.78, 5) is 7.70. The van der Waals surface area contributed by atoms with Gasteiger partial charge in [0.1, 0.15) is 25.3 Å². The van der Waals surface area contributed by atoms with Crippen molar-refractivity contribution in [2.45, 2.75) is 32.0 Å². The first-order valence-electron chi connectivity index (χ1n) is 4.96. The van der Waals surface area contributed by atoms with Crippen LogP contribution in [0.3, 0.4) is 0 Å². The van der Waals surface area contributed by atoms with Gasteiger partial charge < -0.3 is 5.11 Å². The molecule has 0 bridgehead atoms. The van der Waals surface area contributed by atoms with E-state index in [1.807, 2.05) is 13.8 Å². The highest BCUT2D eigenvalue weighted by molar-refractivity contribution is 4.84. The number of hydrogen-bond acceptors (Lipinski definition) is 5. The summed E-state index contributed by atoms with van der Waals surface area (Å²) in [6.07, 6.45) is 5.42. The maximum Gasteiger partial charge on any atom is 0.137 e. The van der Waals surface area contributed by atoms with Gasteiger partial charge in [0.25, 0.3) is 0 Å². The van der Waals surface area contributed by atoms with Crippen LogP contribution >= 0.6 is 0 Å². The maximum absolute atomic E-state index is 10.1. The Kier molecular flexibility index (Phi) is 2.69. The molecule has 1 N–H and O–H groups in total. The largest absolute Gasteiger partial charge is 0.389 e. The molecule has 0 fully saturated rings. The smallest absolute Gasteiger partial charge is 0.137 e. The van der Waals surface area contributed by atoms with Crippen molar-refractivity contribution >= 4 is 0 Å². The highest BCUT2D eigenvalue weighted by Gasteiger charge is 2.31. The van der Waals surface area contributed by atoms with Gasteiger partial charge in [-0.25, -0.2) is 14.6 Å². The zero-order valence-electron chi connectivity index (χ0n) is 9.22. The third kappa shape index (κ3) is 1.94. The first-order valence-corrected chi connectivity index (χ1v) is 4.96. The van der Waals surface area contributed by atoms with Crippen LogP contribution in [0.4, 0.5) is 0 Å². The lowest BCUT2D eigenvalue weighted by atomic mass is 9.98. The summed E-state index contributed by atoms with van der Waals surface area (Å²) in [5.74, 6) is 0. The molecule has 0 aliphatic carbocycles. The van der Waals surface area contributed by atoms with E-state index in [0.29, 0.717) is 6.54 Å². The molecule has 0 aliphatic heterocycles. The van der Waals surface area contributed by atoms with Gasteiger partial charge in [-0.3, -0.25) is 4.68 Å². The second-order valence-electron chi connectivity index (χ2n) is 4.13. The average Bonchev–Trinajstić information content (AvgIpc) is 2.89. The standard InChI is InChI=1S/C9H14N6O/c1-9(2,15-7-11-5-13-15)8(16)3-14-6-10-4-12-14/h4-8,16H,3H2,1-2H3. The SMILES string of the molecule is CC(C)(C(O)Cn1cncn1)n1cncn1. The molecule has 7 nitrogen and oxygen atoms in total. The molecule has 0 spiro atoms. The van der Waals surface area contributed by atoms with Crippen LogP contribution in [0, 0.1) is 0 Å². The van der Waals surface area contributed by atoms with E-state index >= 15 is 0 Å². The average molecular weight is 222 g/mol. The van der Waals surface area contributed by atoms with Crippen molar-refractivity contribution in [1.29, 1.82) is 0 Å². The van der Waals surface area contributed by atoms with E-state index in [0.717, 1.165) is 0 Å². The number of aliphatic hydroxyl groups is 1. The van der Waals surface area contributed by atoms with Gasteiger partial charge in [0, 0.05) is 0 Å². The Hall–Kier alpha value is -1.76. The fourth-order valence-corrected chi connectivity index (χ4v) is 1.39. The summed E-state index contributed by atoms with van der Waals surface area (Å²) in [7, 11) is 0. The second kappa shape index (κ2) is 4.01. The number of aliphatic hydroxyl groups excluding tert-OH is 1. The molecule has 2 rings (SSSR count). The van der Waals surface area contributed by atoms with Crippen LogP contribution in [0.15, 0.2) is 25.3 Å². The summed E-state index contributed by atoms with van der Waals surface area (Å²) in [5, 5.41) is 18.1. The van der Waals surface area contributed by atoms with Crippen LogP contribution in [0.25, 0.3) is 0 Å². The third-order valence-corrected chi connectivity index (χ3v) is 2.65. The lowest BCUT2D eigenvalue weighted by molar-refractivity contribution is 0.0326. The van der Waals surface area contributed by atoms with Gasteiger partial charge in [0.15, 0.2) is 0 Å². The van der Waals surface area contributed by atoms with Crippen molar-refractivity contribution in [2.75, 3.05) is 0 Å². The molecule has 2 heterocycles. The highest BCUT2D eigenvalue weighted by Crippen LogP contribution is 2.19. The zero-order valence-corrected chi connectivity index (χ0v) is 9.22. The van der Waals surface area contributed by atoms with Crippen LogP contribution in [0.2, 0.25) is 0 Å². The molecule has 1 unspecified atom stereocenters. The first kappa shape index (κ1) is 10.7. The molecule has 86 valence electrons. The second-order valence-corrected chi connectivity index (χ2v) is 4.13. The number of rotatable bonds is 4. The van der Waals surface area contributed by atoms with E-state index in [4.69, 9.17) is 0 Å². The van der Waals surface area contributed by atoms with Gasteiger partial charge in [0.2, 0.25) is 0 Å². The monoisotopic (exact) mass is 222 g/mol. The van der Waals surface area contributed by atoms with Gasteiger partial charge in [-0.2, -0.15) is 10.2 Å². The quantitative estimate of drug-likeness (QED) is 0.765. The van der Waals surface area contributed by atoms with Crippen molar-refractivity contribution in [3.8, 4) is 0 Å². The molecule has 0 saturated heterocycles. The zero-order chi connectivity index (χ0) is 11.6. The van der Waals surface area contributed by atoms with E-state index in [9.17, 15) is 5.11 Å². The Morgan fingerprint density at radius 2 is 1.88 bits per heavy atom. The van der Waals surface area contributed by atoms with E-state index in [2.05, 4.69) is 20.2 Å². The van der Waals surface area contributed by atoms with Gasteiger partial charge in [0.05, 0.1) is 18.2 Å². The van der Waals surface area contributed by atoms with Gasteiger partial charge >= 0.3 is 0 Å². The molecule has 1 atom stereocenters. The molecule has 0 amide bonds. The van der Waals surface area contributed by atoms with Crippen molar-refractivity contribution in [3.05, 3.63) is 25.3 Å². The topological polar surface area (TPSA) is 81.6 Å². The lowest BCUT2D eigenvalue weighted by Crippen LogP contribution is -2.42. The molecule has 0 aromatic carbocycles. The Bertz CT molecular complexity index is 421. The van der Waals surface area contributed by atoms with Gasteiger partial charge in [-0.1, -0.05) is 0 Å². The summed E-state index contributed by atoms with van der Waals surface area (Å²) >= 11 is 0. The number of hydrogen-bond donors (Lipinski definition) is 1. The predicted molar refractivity (Wildman–Crippen MR) is 55.4 cm³/mol. The van der Waals surface area contributed by atoms with E-state index in [-0.39, 0.29) is 0 Å². The molecule has 0 aliphatic rings. The molecule has 7 heteroatoms. The number of aromatic nitrogens is 6. The minimum Gasteiger partial charge on any atom is -0.389 e. The fraction of sp³-hybridized carbons (Fsp3) is 0.556. The summed E-state index contributed by atoms with van der Waals surface area (Å²) < 4.78 is 3.22. The van der Waals surface area contributed by atoms with Crippen LogP contribution < -0.4 is 0 Å². The molecule has 0 radical (unpaired) electrons. The normalized spacial score (nSPS) is 13.9. The van der Waals surface area contributed by atoms with Gasteiger partial charge in [-0.05, 0) is 13.8 Å². The molecule has 0 saturated carbocycles. The summed E-state index contributed by atoms with van der Waals surface area (Å²) in [6.45, 7) is 4.15. The Balaban J connectivity index is 2.12.